The van der Waals surface area contributed by atoms with Gasteiger partial charge in [-0.2, -0.15) is 15.3 Å². The molecule has 0 aliphatic carbocycles. The topological polar surface area (TPSA) is 149 Å². The van der Waals surface area contributed by atoms with E-state index in [0.29, 0.717) is 10.9 Å². The SMILES string of the molecule is NC(=O)c1nn(CC(=O)N2CC(F)CC2C(=O)Nc2cccc(Cl)n2)c2ccc(-c3ccnnc3)cc12. The zero-order valence-corrected chi connectivity index (χ0v) is 20.0. The van der Waals surface area contributed by atoms with Crippen molar-refractivity contribution < 1.29 is 18.8 Å². The number of carbonyl (C=O) groups is 3. The van der Waals surface area contributed by atoms with Gasteiger partial charge in [-0.25, -0.2) is 9.37 Å². The quantitative estimate of drug-likeness (QED) is 0.369. The van der Waals surface area contributed by atoms with Gasteiger partial charge in [0.05, 0.1) is 24.5 Å². The van der Waals surface area contributed by atoms with Gasteiger partial charge in [-0.05, 0) is 35.9 Å². The van der Waals surface area contributed by atoms with Crippen molar-refractivity contribution in [3.8, 4) is 11.1 Å². The van der Waals surface area contributed by atoms with Crippen molar-refractivity contribution in [1.82, 2.24) is 29.9 Å². The van der Waals surface area contributed by atoms with Crippen molar-refractivity contribution in [2.24, 2.45) is 5.73 Å². The van der Waals surface area contributed by atoms with Crippen LogP contribution in [0.2, 0.25) is 5.15 Å². The molecule has 1 aliphatic rings. The largest absolute Gasteiger partial charge is 0.364 e. The highest BCUT2D eigenvalue weighted by atomic mass is 35.5. The summed E-state index contributed by atoms with van der Waals surface area (Å²) >= 11 is 5.86. The Morgan fingerprint density at radius 2 is 1.97 bits per heavy atom. The molecule has 0 spiro atoms. The number of amides is 3. The van der Waals surface area contributed by atoms with Crippen molar-refractivity contribution in [2.45, 2.75) is 25.2 Å². The van der Waals surface area contributed by atoms with E-state index in [1.165, 1.54) is 15.6 Å². The summed E-state index contributed by atoms with van der Waals surface area (Å²) in [5, 5.41) is 15.1. The van der Waals surface area contributed by atoms with E-state index in [1.807, 2.05) is 0 Å². The molecule has 1 aliphatic heterocycles. The van der Waals surface area contributed by atoms with Crippen LogP contribution in [0.15, 0.2) is 54.9 Å². The first-order chi connectivity index (χ1) is 17.8. The van der Waals surface area contributed by atoms with Crippen LogP contribution < -0.4 is 11.1 Å². The summed E-state index contributed by atoms with van der Waals surface area (Å²) in [4.78, 5) is 43.4. The average Bonchev–Trinajstić information content (AvgIpc) is 3.45. The lowest BCUT2D eigenvalue weighted by Crippen LogP contribution is -2.44. The molecule has 3 amide bonds. The van der Waals surface area contributed by atoms with Crippen molar-refractivity contribution in [2.75, 3.05) is 11.9 Å². The van der Waals surface area contributed by atoms with Gasteiger partial charge in [0, 0.05) is 17.4 Å². The van der Waals surface area contributed by atoms with Gasteiger partial charge in [0.2, 0.25) is 11.8 Å². The maximum absolute atomic E-state index is 14.4. The highest BCUT2D eigenvalue weighted by Gasteiger charge is 2.40. The smallest absolute Gasteiger partial charge is 0.269 e. The number of hydrogen-bond donors (Lipinski definition) is 2. The van der Waals surface area contributed by atoms with Gasteiger partial charge in [0.1, 0.15) is 29.7 Å². The molecule has 2 unspecified atom stereocenters. The summed E-state index contributed by atoms with van der Waals surface area (Å²) in [7, 11) is 0. The number of benzene rings is 1. The summed E-state index contributed by atoms with van der Waals surface area (Å²) in [6.45, 7) is -0.577. The summed E-state index contributed by atoms with van der Waals surface area (Å²) in [5.74, 6) is -1.70. The summed E-state index contributed by atoms with van der Waals surface area (Å²) in [6, 6.07) is 10.6. The molecular formula is C24H20ClFN8O3. The molecule has 2 atom stereocenters. The lowest BCUT2D eigenvalue weighted by atomic mass is 10.0. The molecular weight excluding hydrogens is 503 g/mol. The Morgan fingerprint density at radius 3 is 2.70 bits per heavy atom. The second-order valence-corrected chi connectivity index (χ2v) is 8.85. The number of rotatable bonds is 6. The van der Waals surface area contributed by atoms with Crippen LogP contribution >= 0.6 is 11.6 Å². The fraction of sp³-hybridized carbons (Fsp3) is 0.208. The van der Waals surface area contributed by atoms with Crippen LogP contribution in [0.3, 0.4) is 0 Å². The zero-order valence-electron chi connectivity index (χ0n) is 19.2. The molecule has 0 saturated carbocycles. The number of likely N-dealkylation sites (tertiary alicyclic amines) is 1. The van der Waals surface area contributed by atoms with Crippen molar-refractivity contribution >= 4 is 46.0 Å². The van der Waals surface area contributed by atoms with Gasteiger partial charge in [-0.3, -0.25) is 19.1 Å². The highest BCUT2D eigenvalue weighted by Crippen LogP contribution is 2.27. The first-order valence-electron chi connectivity index (χ1n) is 11.2. The van der Waals surface area contributed by atoms with Crippen LogP contribution in [0.25, 0.3) is 22.0 Å². The standard InChI is InChI=1S/C24H20ClFN8O3/c25-19-2-1-3-20(30-19)31-24(37)18-9-15(26)11-33(18)21(35)12-34-17-5-4-13(14-6-7-28-29-10-14)8-16(17)22(32-34)23(27)36/h1-8,10,15,18H,9,11-12H2,(H2,27,36)(H,30,31,37). The van der Waals surface area contributed by atoms with Crippen LogP contribution in [-0.4, -0.2) is 66.3 Å². The van der Waals surface area contributed by atoms with E-state index in [1.54, 1.807) is 48.8 Å². The third-order valence-corrected chi connectivity index (χ3v) is 6.24. The number of nitrogens with zero attached hydrogens (tertiary/aromatic N) is 6. The molecule has 3 N–H and O–H groups in total. The van der Waals surface area contributed by atoms with Crippen LogP contribution in [0.5, 0.6) is 0 Å². The minimum absolute atomic E-state index is 0.0159. The first-order valence-corrected chi connectivity index (χ1v) is 11.6. The zero-order chi connectivity index (χ0) is 26.1. The number of hydrogen-bond acceptors (Lipinski definition) is 7. The van der Waals surface area contributed by atoms with Crippen molar-refractivity contribution in [3.05, 3.63) is 65.7 Å². The first kappa shape index (κ1) is 24.3. The monoisotopic (exact) mass is 522 g/mol. The molecule has 13 heteroatoms. The Morgan fingerprint density at radius 1 is 1.14 bits per heavy atom. The minimum Gasteiger partial charge on any atom is -0.364 e. The van der Waals surface area contributed by atoms with Gasteiger partial charge in [-0.15, -0.1) is 0 Å². The fourth-order valence-corrected chi connectivity index (χ4v) is 4.50. The molecule has 37 heavy (non-hydrogen) atoms. The highest BCUT2D eigenvalue weighted by molar-refractivity contribution is 6.29. The molecule has 5 rings (SSSR count). The number of pyridine rings is 1. The number of carbonyl (C=O) groups excluding carboxylic acids is 3. The van der Waals surface area contributed by atoms with E-state index < -0.39 is 29.9 Å². The van der Waals surface area contributed by atoms with E-state index in [0.717, 1.165) is 11.1 Å². The molecule has 1 fully saturated rings. The van der Waals surface area contributed by atoms with E-state index in [2.05, 4.69) is 25.6 Å². The molecule has 4 aromatic rings. The van der Waals surface area contributed by atoms with E-state index in [4.69, 9.17) is 17.3 Å². The predicted molar refractivity (Wildman–Crippen MR) is 132 cm³/mol. The Hall–Kier alpha value is -4.45. The number of nitrogens with two attached hydrogens (primary N) is 1. The molecule has 0 bridgehead atoms. The second-order valence-electron chi connectivity index (χ2n) is 8.46. The summed E-state index contributed by atoms with van der Waals surface area (Å²) in [5.41, 5.74) is 7.53. The number of aromatic nitrogens is 5. The summed E-state index contributed by atoms with van der Waals surface area (Å²) < 4.78 is 15.7. The Bertz CT molecular complexity index is 1510. The number of halogens is 2. The van der Waals surface area contributed by atoms with Gasteiger partial charge in [0.15, 0.2) is 5.69 Å². The Kier molecular flexibility index (Phi) is 6.49. The molecule has 3 aromatic heterocycles. The number of primary amides is 1. The predicted octanol–water partition coefficient (Wildman–Crippen LogP) is 2.22. The lowest BCUT2D eigenvalue weighted by Gasteiger charge is -2.23. The molecule has 4 heterocycles. The Balaban J connectivity index is 1.41. The average molecular weight is 523 g/mol. The molecule has 11 nitrogen and oxygen atoms in total. The van der Waals surface area contributed by atoms with E-state index >= 15 is 0 Å². The van der Waals surface area contributed by atoms with Gasteiger partial charge >= 0.3 is 0 Å². The number of alkyl halides is 1. The van der Waals surface area contributed by atoms with Gasteiger partial charge < -0.3 is 16.0 Å². The normalized spacial score (nSPS) is 17.2. The fourth-order valence-electron chi connectivity index (χ4n) is 4.34. The maximum atomic E-state index is 14.4. The molecule has 1 saturated heterocycles. The van der Waals surface area contributed by atoms with Crippen LogP contribution in [0, 0.1) is 0 Å². The maximum Gasteiger partial charge on any atom is 0.269 e. The van der Waals surface area contributed by atoms with Crippen molar-refractivity contribution in [1.29, 1.82) is 0 Å². The van der Waals surface area contributed by atoms with Crippen LogP contribution in [0.1, 0.15) is 16.9 Å². The van der Waals surface area contributed by atoms with Gasteiger partial charge in [0.25, 0.3) is 5.91 Å². The third-order valence-electron chi connectivity index (χ3n) is 6.03. The number of fused-ring (bicyclic) bond motifs is 1. The van der Waals surface area contributed by atoms with E-state index in [-0.39, 0.29) is 36.2 Å². The second kappa shape index (κ2) is 9.90. The molecule has 0 radical (unpaired) electrons. The molecule has 188 valence electrons. The Labute approximate surface area is 214 Å². The third kappa shape index (κ3) is 4.96. The number of anilines is 1. The van der Waals surface area contributed by atoms with Gasteiger partial charge in [-0.1, -0.05) is 23.7 Å². The number of nitrogens with one attached hydrogen (secondary N) is 1. The lowest BCUT2D eigenvalue weighted by molar-refractivity contribution is -0.137. The van der Waals surface area contributed by atoms with Crippen LogP contribution in [0.4, 0.5) is 10.2 Å². The minimum atomic E-state index is -1.38. The van der Waals surface area contributed by atoms with Crippen molar-refractivity contribution in [3.63, 3.8) is 0 Å². The molecule has 1 aromatic carbocycles. The summed E-state index contributed by atoms with van der Waals surface area (Å²) in [6.07, 6.45) is 1.58. The van der Waals surface area contributed by atoms with E-state index in [9.17, 15) is 18.8 Å². The van der Waals surface area contributed by atoms with Crippen LogP contribution in [-0.2, 0) is 16.1 Å².